The smallest absolute Gasteiger partial charge is 0.321 e. The summed E-state index contributed by atoms with van der Waals surface area (Å²) in [5.74, 6) is -1.07. The number of benzene rings is 3. The van der Waals surface area contributed by atoms with Crippen LogP contribution < -0.4 is 0 Å². The van der Waals surface area contributed by atoms with E-state index >= 15 is 0 Å². The monoisotopic (exact) mass is 373 g/mol. The summed E-state index contributed by atoms with van der Waals surface area (Å²) in [5, 5.41) is 17.5. The zero-order chi connectivity index (χ0) is 19.2. The molecular weight excluding hydrogens is 358 g/mol. The highest BCUT2D eigenvalue weighted by Crippen LogP contribution is 2.33. The van der Waals surface area contributed by atoms with Crippen molar-refractivity contribution in [1.29, 1.82) is 5.26 Å². The Bertz CT molecular complexity index is 1010. The number of carbonyl (C=O) groups excluding carboxylic acids is 1. The molecule has 0 aromatic heterocycles. The Kier molecular flexibility index (Phi) is 5.70. The number of nitriles is 1. The number of carboxylic acids is 1. The van der Waals surface area contributed by atoms with Crippen LogP contribution in [-0.4, -0.2) is 16.2 Å². The summed E-state index contributed by atoms with van der Waals surface area (Å²) in [7, 11) is 0. The minimum Gasteiger partial charge on any atom is -0.480 e. The molecular formula is C22H15NO3S. The van der Waals surface area contributed by atoms with Gasteiger partial charge in [-0.05, 0) is 22.8 Å². The average Bonchev–Trinajstić information content (AvgIpc) is 2.72. The Balaban J connectivity index is 1.86. The van der Waals surface area contributed by atoms with E-state index in [4.69, 9.17) is 0 Å². The lowest BCUT2D eigenvalue weighted by atomic mass is 9.99. The van der Waals surface area contributed by atoms with Gasteiger partial charge in [-0.15, -0.1) is 0 Å². The van der Waals surface area contributed by atoms with Crippen molar-refractivity contribution in [2.75, 3.05) is 0 Å². The third-order valence-corrected chi connectivity index (χ3v) is 5.19. The number of carboxylic acid groups (broad SMARTS) is 1. The van der Waals surface area contributed by atoms with Gasteiger partial charge in [-0.3, -0.25) is 9.59 Å². The van der Waals surface area contributed by atoms with Crippen molar-refractivity contribution in [3.63, 3.8) is 0 Å². The normalized spacial score (nSPS) is 11.4. The SMILES string of the molecule is N#Cc1ccccc1-c1ccc(C(SC(=O)c2ccccc2)C(=O)O)cc1. The van der Waals surface area contributed by atoms with Crippen LogP contribution >= 0.6 is 11.8 Å². The molecule has 0 spiro atoms. The standard InChI is InChI=1S/C22H15NO3S/c23-14-18-8-4-5-9-19(18)15-10-12-16(13-11-15)20(21(24)25)27-22(26)17-6-2-1-3-7-17/h1-13,20H,(H,24,25). The number of rotatable bonds is 5. The number of nitrogens with zero attached hydrogens (tertiary/aromatic N) is 1. The first-order valence-electron chi connectivity index (χ1n) is 8.18. The van der Waals surface area contributed by atoms with Crippen molar-refractivity contribution in [1.82, 2.24) is 0 Å². The highest BCUT2D eigenvalue weighted by Gasteiger charge is 2.25. The molecule has 1 unspecified atom stereocenters. The van der Waals surface area contributed by atoms with E-state index in [9.17, 15) is 20.0 Å². The van der Waals surface area contributed by atoms with E-state index in [0.29, 0.717) is 16.7 Å². The number of hydrogen-bond acceptors (Lipinski definition) is 4. The molecule has 1 atom stereocenters. The summed E-state index contributed by atoms with van der Waals surface area (Å²) in [6.07, 6.45) is 0. The van der Waals surface area contributed by atoms with Crippen molar-refractivity contribution in [2.24, 2.45) is 0 Å². The van der Waals surface area contributed by atoms with Crippen molar-refractivity contribution in [3.05, 3.63) is 95.6 Å². The summed E-state index contributed by atoms with van der Waals surface area (Å²) < 4.78 is 0. The van der Waals surface area contributed by atoms with Gasteiger partial charge in [0.1, 0.15) is 5.25 Å². The third-order valence-electron chi connectivity index (χ3n) is 4.03. The summed E-state index contributed by atoms with van der Waals surface area (Å²) in [5.41, 5.74) is 3.14. The minimum absolute atomic E-state index is 0.290. The Morgan fingerprint density at radius 2 is 1.52 bits per heavy atom. The molecule has 3 aromatic rings. The number of hydrogen-bond donors (Lipinski definition) is 1. The van der Waals surface area contributed by atoms with E-state index in [1.165, 1.54) is 0 Å². The van der Waals surface area contributed by atoms with Gasteiger partial charge in [0, 0.05) is 5.56 Å². The van der Waals surface area contributed by atoms with Crippen LogP contribution in [0.15, 0.2) is 78.9 Å². The van der Waals surface area contributed by atoms with Gasteiger partial charge in [0.2, 0.25) is 5.12 Å². The number of carbonyl (C=O) groups is 2. The molecule has 3 rings (SSSR count). The van der Waals surface area contributed by atoms with Gasteiger partial charge in [-0.25, -0.2) is 0 Å². The fourth-order valence-electron chi connectivity index (χ4n) is 2.68. The lowest BCUT2D eigenvalue weighted by Crippen LogP contribution is -2.11. The Hall–Kier alpha value is -3.36. The first kappa shape index (κ1) is 18.4. The zero-order valence-corrected chi connectivity index (χ0v) is 15.0. The molecule has 0 saturated carbocycles. The van der Waals surface area contributed by atoms with E-state index in [1.54, 1.807) is 66.7 Å². The molecule has 0 saturated heterocycles. The van der Waals surface area contributed by atoms with Crippen LogP contribution in [-0.2, 0) is 4.79 Å². The van der Waals surface area contributed by atoms with Crippen LogP contribution in [0.2, 0.25) is 0 Å². The Labute approximate surface area is 161 Å². The van der Waals surface area contributed by atoms with Gasteiger partial charge in [-0.2, -0.15) is 5.26 Å². The molecule has 27 heavy (non-hydrogen) atoms. The van der Waals surface area contributed by atoms with Crippen LogP contribution in [0.25, 0.3) is 11.1 Å². The summed E-state index contributed by atoms with van der Waals surface area (Å²) in [6, 6.07) is 24.9. The van der Waals surface area contributed by atoms with E-state index in [1.807, 2.05) is 12.1 Å². The molecule has 4 nitrogen and oxygen atoms in total. The van der Waals surface area contributed by atoms with Crippen LogP contribution in [0.3, 0.4) is 0 Å². The van der Waals surface area contributed by atoms with Gasteiger partial charge >= 0.3 is 5.97 Å². The number of thioether (sulfide) groups is 1. The van der Waals surface area contributed by atoms with E-state index in [2.05, 4.69) is 6.07 Å². The quantitative estimate of drug-likeness (QED) is 0.686. The largest absolute Gasteiger partial charge is 0.480 e. The van der Waals surface area contributed by atoms with Gasteiger partial charge in [-0.1, -0.05) is 84.6 Å². The van der Waals surface area contributed by atoms with Crippen molar-refractivity contribution in [3.8, 4) is 17.2 Å². The Morgan fingerprint density at radius 1 is 0.889 bits per heavy atom. The maximum atomic E-state index is 12.4. The van der Waals surface area contributed by atoms with Gasteiger partial charge in [0.05, 0.1) is 11.6 Å². The van der Waals surface area contributed by atoms with Crippen LogP contribution in [0, 0.1) is 11.3 Å². The Morgan fingerprint density at radius 3 is 2.15 bits per heavy atom. The predicted octanol–water partition coefficient (Wildman–Crippen LogP) is 4.92. The van der Waals surface area contributed by atoms with Crippen molar-refractivity contribution >= 4 is 22.8 Å². The van der Waals surface area contributed by atoms with Gasteiger partial charge < -0.3 is 5.11 Å². The second-order valence-electron chi connectivity index (χ2n) is 5.77. The molecule has 0 fully saturated rings. The first-order chi connectivity index (χ1) is 13.1. The molecule has 0 amide bonds. The number of aliphatic carboxylic acids is 1. The summed E-state index contributed by atoms with van der Waals surface area (Å²) in [4.78, 5) is 24.1. The molecule has 0 radical (unpaired) electrons. The molecule has 1 N–H and O–H groups in total. The molecule has 0 bridgehead atoms. The third kappa shape index (κ3) is 4.25. The molecule has 0 heterocycles. The maximum absolute atomic E-state index is 12.4. The lowest BCUT2D eigenvalue weighted by Gasteiger charge is -2.13. The molecule has 0 aliphatic rings. The maximum Gasteiger partial charge on any atom is 0.321 e. The minimum atomic E-state index is -1.07. The van der Waals surface area contributed by atoms with E-state index < -0.39 is 11.2 Å². The highest BCUT2D eigenvalue weighted by atomic mass is 32.2. The van der Waals surface area contributed by atoms with Crippen molar-refractivity contribution in [2.45, 2.75) is 5.25 Å². The van der Waals surface area contributed by atoms with Crippen molar-refractivity contribution < 1.29 is 14.7 Å². The fourth-order valence-corrected chi connectivity index (χ4v) is 3.56. The summed E-state index contributed by atoms with van der Waals surface area (Å²) in [6.45, 7) is 0. The first-order valence-corrected chi connectivity index (χ1v) is 9.06. The second-order valence-corrected chi connectivity index (χ2v) is 6.85. The van der Waals surface area contributed by atoms with E-state index in [0.717, 1.165) is 22.9 Å². The van der Waals surface area contributed by atoms with Crippen LogP contribution in [0.1, 0.15) is 26.7 Å². The van der Waals surface area contributed by atoms with Gasteiger partial charge in [0.25, 0.3) is 0 Å². The predicted molar refractivity (Wildman–Crippen MR) is 105 cm³/mol. The second kappa shape index (κ2) is 8.35. The topological polar surface area (TPSA) is 78.2 Å². The molecule has 132 valence electrons. The zero-order valence-electron chi connectivity index (χ0n) is 14.2. The fraction of sp³-hybridized carbons (Fsp3) is 0.0455. The summed E-state index contributed by atoms with van der Waals surface area (Å²) >= 11 is 0.778. The van der Waals surface area contributed by atoms with Gasteiger partial charge in [0.15, 0.2) is 0 Å². The average molecular weight is 373 g/mol. The van der Waals surface area contributed by atoms with Crippen LogP contribution in [0.5, 0.6) is 0 Å². The molecule has 5 heteroatoms. The molecule has 0 aliphatic heterocycles. The molecule has 3 aromatic carbocycles. The molecule has 0 aliphatic carbocycles. The van der Waals surface area contributed by atoms with E-state index in [-0.39, 0.29) is 5.12 Å². The van der Waals surface area contributed by atoms with Crippen LogP contribution in [0.4, 0.5) is 0 Å². The highest BCUT2D eigenvalue weighted by molar-refractivity contribution is 8.14. The lowest BCUT2D eigenvalue weighted by molar-refractivity contribution is -0.136.